The molecule has 0 aromatic carbocycles. The van der Waals surface area contributed by atoms with Gasteiger partial charge in [-0.25, -0.2) is 4.98 Å². The molecule has 0 saturated carbocycles. The Morgan fingerprint density at radius 1 is 1.28 bits per heavy atom. The van der Waals surface area contributed by atoms with Crippen LogP contribution in [0, 0.1) is 0 Å². The van der Waals surface area contributed by atoms with Crippen molar-refractivity contribution in [1.29, 1.82) is 0 Å². The zero-order valence-electron chi connectivity index (χ0n) is 11.9. The SMILES string of the molecule is CCN(CC)c1ccc([C@H]2CCCCN2C)cn1. The summed E-state index contributed by atoms with van der Waals surface area (Å²) in [6.45, 7) is 7.60. The first-order chi connectivity index (χ1) is 8.76. The van der Waals surface area contributed by atoms with Crippen LogP contribution in [0.3, 0.4) is 0 Å². The van der Waals surface area contributed by atoms with E-state index in [0.717, 1.165) is 18.9 Å². The van der Waals surface area contributed by atoms with Crippen molar-refractivity contribution in [2.75, 3.05) is 31.6 Å². The zero-order valence-corrected chi connectivity index (χ0v) is 11.9. The van der Waals surface area contributed by atoms with Crippen molar-refractivity contribution in [2.24, 2.45) is 0 Å². The van der Waals surface area contributed by atoms with Crippen LogP contribution in [-0.4, -0.2) is 36.6 Å². The highest BCUT2D eigenvalue weighted by Crippen LogP contribution is 2.29. The van der Waals surface area contributed by atoms with Crippen LogP contribution in [0.1, 0.15) is 44.7 Å². The maximum atomic E-state index is 4.63. The van der Waals surface area contributed by atoms with Crippen LogP contribution in [0.4, 0.5) is 5.82 Å². The Kier molecular flexibility index (Phi) is 4.59. The zero-order chi connectivity index (χ0) is 13.0. The molecule has 100 valence electrons. The molecular weight excluding hydrogens is 222 g/mol. The van der Waals surface area contributed by atoms with E-state index in [0.29, 0.717) is 6.04 Å². The van der Waals surface area contributed by atoms with Crippen molar-refractivity contribution in [1.82, 2.24) is 9.88 Å². The normalized spacial score (nSPS) is 20.9. The number of pyridine rings is 1. The largest absolute Gasteiger partial charge is 0.357 e. The lowest BCUT2D eigenvalue weighted by atomic mass is 9.97. The lowest BCUT2D eigenvalue weighted by Crippen LogP contribution is -2.29. The smallest absolute Gasteiger partial charge is 0.128 e. The van der Waals surface area contributed by atoms with Gasteiger partial charge in [-0.1, -0.05) is 12.5 Å². The molecule has 1 atom stereocenters. The van der Waals surface area contributed by atoms with Gasteiger partial charge in [0, 0.05) is 25.3 Å². The monoisotopic (exact) mass is 247 g/mol. The molecule has 1 aromatic heterocycles. The van der Waals surface area contributed by atoms with Crippen LogP contribution in [-0.2, 0) is 0 Å². The van der Waals surface area contributed by atoms with Gasteiger partial charge in [0.2, 0.25) is 0 Å². The van der Waals surface area contributed by atoms with E-state index in [1.54, 1.807) is 0 Å². The summed E-state index contributed by atoms with van der Waals surface area (Å²) in [5, 5.41) is 0. The van der Waals surface area contributed by atoms with E-state index in [2.05, 4.69) is 54.0 Å². The summed E-state index contributed by atoms with van der Waals surface area (Å²) in [5.74, 6) is 1.10. The van der Waals surface area contributed by atoms with E-state index in [1.807, 2.05) is 0 Å². The molecule has 2 heterocycles. The minimum Gasteiger partial charge on any atom is -0.357 e. The number of hydrogen-bond donors (Lipinski definition) is 0. The third-order valence-electron chi connectivity index (χ3n) is 4.01. The molecular formula is C15H25N3. The van der Waals surface area contributed by atoms with Crippen LogP contribution in [0.2, 0.25) is 0 Å². The van der Waals surface area contributed by atoms with Gasteiger partial charge in [-0.3, -0.25) is 4.90 Å². The van der Waals surface area contributed by atoms with Gasteiger partial charge < -0.3 is 4.90 Å². The Morgan fingerprint density at radius 2 is 2.06 bits per heavy atom. The predicted molar refractivity (Wildman–Crippen MR) is 77.0 cm³/mol. The van der Waals surface area contributed by atoms with Gasteiger partial charge in [-0.15, -0.1) is 0 Å². The minimum atomic E-state index is 0.567. The van der Waals surface area contributed by atoms with Gasteiger partial charge >= 0.3 is 0 Å². The maximum absolute atomic E-state index is 4.63. The number of hydrogen-bond acceptors (Lipinski definition) is 3. The van der Waals surface area contributed by atoms with Crippen LogP contribution < -0.4 is 4.90 Å². The van der Waals surface area contributed by atoms with E-state index in [-0.39, 0.29) is 0 Å². The molecule has 0 radical (unpaired) electrons. The first kappa shape index (κ1) is 13.3. The second-order valence-electron chi connectivity index (χ2n) is 5.11. The van der Waals surface area contributed by atoms with Gasteiger partial charge in [0.1, 0.15) is 5.82 Å². The van der Waals surface area contributed by atoms with Crippen molar-refractivity contribution >= 4 is 5.82 Å². The Balaban J connectivity index is 2.11. The maximum Gasteiger partial charge on any atom is 0.128 e. The summed E-state index contributed by atoms with van der Waals surface area (Å²) >= 11 is 0. The molecule has 3 nitrogen and oxygen atoms in total. The number of anilines is 1. The van der Waals surface area contributed by atoms with Gasteiger partial charge in [0.05, 0.1) is 0 Å². The molecule has 1 aliphatic heterocycles. The molecule has 0 unspecified atom stereocenters. The molecule has 1 saturated heterocycles. The van der Waals surface area contributed by atoms with Crippen LogP contribution in [0.15, 0.2) is 18.3 Å². The van der Waals surface area contributed by atoms with Crippen LogP contribution in [0.5, 0.6) is 0 Å². The first-order valence-electron chi connectivity index (χ1n) is 7.17. The third kappa shape index (κ3) is 2.83. The van der Waals surface area contributed by atoms with Gasteiger partial charge in [-0.05, 0) is 51.9 Å². The third-order valence-corrected chi connectivity index (χ3v) is 4.01. The molecule has 1 aromatic rings. The van der Waals surface area contributed by atoms with Gasteiger partial charge in [0.25, 0.3) is 0 Å². The second kappa shape index (κ2) is 6.19. The molecule has 2 rings (SSSR count). The average Bonchev–Trinajstić information content (AvgIpc) is 2.42. The van der Waals surface area contributed by atoms with Gasteiger partial charge in [-0.2, -0.15) is 0 Å². The standard InChI is InChI=1S/C15H25N3/c1-4-18(5-2)15-10-9-13(12-16-15)14-8-6-7-11-17(14)3/h9-10,12,14H,4-8,11H2,1-3H3/t14-/m1/s1. The molecule has 0 bridgehead atoms. The fourth-order valence-electron chi connectivity index (χ4n) is 2.83. The number of likely N-dealkylation sites (tertiary alicyclic amines) is 1. The molecule has 0 spiro atoms. The topological polar surface area (TPSA) is 19.4 Å². The number of nitrogens with zero attached hydrogens (tertiary/aromatic N) is 3. The van der Waals surface area contributed by atoms with Crippen LogP contribution >= 0.6 is 0 Å². The van der Waals surface area contributed by atoms with Crippen molar-refractivity contribution < 1.29 is 0 Å². The molecule has 0 amide bonds. The first-order valence-corrected chi connectivity index (χ1v) is 7.17. The fourth-order valence-corrected chi connectivity index (χ4v) is 2.83. The van der Waals surface area contributed by atoms with Crippen molar-refractivity contribution in [2.45, 2.75) is 39.2 Å². The molecule has 0 aliphatic carbocycles. The summed E-state index contributed by atoms with van der Waals surface area (Å²) < 4.78 is 0. The van der Waals surface area contributed by atoms with Crippen molar-refractivity contribution in [3.63, 3.8) is 0 Å². The minimum absolute atomic E-state index is 0.567. The summed E-state index contributed by atoms with van der Waals surface area (Å²) in [6.07, 6.45) is 6.01. The Labute approximate surface area is 111 Å². The van der Waals surface area contributed by atoms with E-state index in [4.69, 9.17) is 0 Å². The number of rotatable bonds is 4. The molecule has 3 heteroatoms. The quantitative estimate of drug-likeness (QED) is 0.815. The van der Waals surface area contributed by atoms with Crippen molar-refractivity contribution in [3.05, 3.63) is 23.9 Å². The highest BCUT2D eigenvalue weighted by Gasteiger charge is 2.20. The van der Waals surface area contributed by atoms with E-state index in [1.165, 1.54) is 31.4 Å². The lowest BCUT2D eigenvalue weighted by molar-refractivity contribution is 0.187. The summed E-state index contributed by atoms with van der Waals surface area (Å²) in [4.78, 5) is 9.37. The second-order valence-corrected chi connectivity index (χ2v) is 5.11. The van der Waals surface area contributed by atoms with E-state index < -0.39 is 0 Å². The summed E-state index contributed by atoms with van der Waals surface area (Å²) in [7, 11) is 2.22. The summed E-state index contributed by atoms with van der Waals surface area (Å²) in [5.41, 5.74) is 1.37. The Morgan fingerprint density at radius 3 is 2.61 bits per heavy atom. The molecule has 0 N–H and O–H groups in total. The van der Waals surface area contributed by atoms with E-state index >= 15 is 0 Å². The Bertz CT molecular complexity index is 357. The molecule has 1 fully saturated rings. The highest BCUT2D eigenvalue weighted by molar-refractivity contribution is 5.39. The highest BCUT2D eigenvalue weighted by atomic mass is 15.2. The molecule has 18 heavy (non-hydrogen) atoms. The van der Waals surface area contributed by atoms with Gasteiger partial charge in [0.15, 0.2) is 0 Å². The van der Waals surface area contributed by atoms with Crippen LogP contribution in [0.25, 0.3) is 0 Å². The van der Waals surface area contributed by atoms with Crippen molar-refractivity contribution in [3.8, 4) is 0 Å². The summed E-state index contributed by atoms with van der Waals surface area (Å²) in [6, 6.07) is 5.00. The lowest BCUT2D eigenvalue weighted by Gasteiger charge is -2.32. The number of piperidine rings is 1. The predicted octanol–water partition coefficient (Wildman–Crippen LogP) is 3.08. The Hall–Kier alpha value is -1.09. The molecule has 1 aliphatic rings. The average molecular weight is 247 g/mol. The number of aromatic nitrogens is 1. The van der Waals surface area contributed by atoms with E-state index in [9.17, 15) is 0 Å². The fraction of sp³-hybridized carbons (Fsp3) is 0.667.